The lowest BCUT2D eigenvalue weighted by Crippen LogP contribution is -2.24. The number of hydrogen-bond acceptors (Lipinski definition) is 4. The van der Waals surface area contributed by atoms with Gasteiger partial charge in [-0.3, -0.25) is 4.79 Å². The molecule has 8 heteroatoms. The SMILES string of the molecule is COc1cccc(NC(=O)c2cc(S(=O)(=O)NCc3ccc(C)cc3)ccc2F)c1. The molecular formula is C22H21FN2O4S. The summed E-state index contributed by atoms with van der Waals surface area (Å²) in [5.41, 5.74) is 1.86. The van der Waals surface area contributed by atoms with E-state index in [9.17, 15) is 17.6 Å². The molecular weight excluding hydrogens is 407 g/mol. The Bertz CT molecular complexity index is 1160. The number of amides is 1. The van der Waals surface area contributed by atoms with Gasteiger partial charge < -0.3 is 10.1 Å². The van der Waals surface area contributed by atoms with Crippen LogP contribution >= 0.6 is 0 Å². The third-order valence-corrected chi connectivity index (χ3v) is 5.81. The second kappa shape index (κ2) is 9.06. The van der Waals surface area contributed by atoms with E-state index in [1.165, 1.54) is 7.11 Å². The number of hydrogen-bond donors (Lipinski definition) is 2. The Morgan fingerprint density at radius 2 is 1.77 bits per heavy atom. The zero-order valence-electron chi connectivity index (χ0n) is 16.5. The van der Waals surface area contributed by atoms with E-state index in [4.69, 9.17) is 4.74 Å². The van der Waals surface area contributed by atoms with Crippen LogP contribution in [0.1, 0.15) is 21.5 Å². The summed E-state index contributed by atoms with van der Waals surface area (Å²) >= 11 is 0. The van der Waals surface area contributed by atoms with Crippen LogP contribution in [0.25, 0.3) is 0 Å². The van der Waals surface area contributed by atoms with Gasteiger partial charge in [-0.15, -0.1) is 0 Å². The molecule has 0 fully saturated rings. The predicted octanol–water partition coefficient (Wildman–Crippen LogP) is 3.87. The predicted molar refractivity (Wildman–Crippen MR) is 113 cm³/mol. The normalized spacial score (nSPS) is 11.2. The van der Waals surface area contributed by atoms with E-state index in [-0.39, 0.29) is 17.0 Å². The first kappa shape index (κ1) is 21.5. The Labute approximate surface area is 174 Å². The van der Waals surface area contributed by atoms with E-state index < -0.39 is 21.7 Å². The van der Waals surface area contributed by atoms with Crippen molar-refractivity contribution in [2.45, 2.75) is 18.4 Å². The van der Waals surface area contributed by atoms with Gasteiger partial charge in [-0.1, -0.05) is 35.9 Å². The molecule has 0 aliphatic heterocycles. The summed E-state index contributed by atoms with van der Waals surface area (Å²) in [7, 11) is -2.46. The van der Waals surface area contributed by atoms with Gasteiger partial charge in [0, 0.05) is 18.3 Å². The lowest BCUT2D eigenvalue weighted by atomic mass is 10.2. The second-order valence-electron chi connectivity index (χ2n) is 6.64. The lowest BCUT2D eigenvalue weighted by Gasteiger charge is -2.11. The van der Waals surface area contributed by atoms with Gasteiger partial charge in [-0.05, 0) is 42.8 Å². The van der Waals surface area contributed by atoms with Gasteiger partial charge in [0.15, 0.2) is 0 Å². The molecule has 0 bridgehead atoms. The monoisotopic (exact) mass is 428 g/mol. The third-order valence-electron chi connectivity index (χ3n) is 4.41. The molecule has 1 amide bonds. The number of nitrogens with one attached hydrogen (secondary N) is 2. The molecule has 0 saturated heterocycles. The molecule has 0 aliphatic rings. The standard InChI is InChI=1S/C22H21FN2O4S/c1-15-6-8-16(9-7-15)14-24-30(27,28)19-10-11-21(23)20(13-19)22(26)25-17-4-3-5-18(12-17)29-2/h3-13,24H,14H2,1-2H3,(H,25,26). The minimum Gasteiger partial charge on any atom is -0.497 e. The average Bonchev–Trinajstić information content (AvgIpc) is 2.73. The molecule has 0 saturated carbocycles. The van der Waals surface area contributed by atoms with Gasteiger partial charge in [-0.25, -0.2) is 17.5 Å². The van der Waals surface area contributed by atoms with E-state index >= 15 is 0 Å². The van der Waals surface area contributed by atoms with Crippen LogP contribution in [0.4, 0.5) is 10.1 Å². The van der Waals surface area contributed by atoms with E-state index in [0.29, 0.717) is 11.4 Å². The minimum absolute atomic E-state index is 0.0747. The lowest BCUT2D eigenvalue weighted by molar-refractivity contribution is 0.102. The van der Waals surface area contributed by atoms with Crippen molar-refractivity contribution in [2.24, 2.45) is 0 Å². The van der Waals surface area contributed by atoms with Crippen molar-refractivity contribution < 1.29 is 22.3 Å². The summed E-state index contributed by atoms with van der Waals surface area (Å²) < 4.78 is 47.0. The first-order valence-electron chi connectivity index (χ1n) is 9.08. The molecule has 0 atom stereocenters. The molecule has 3 aromatic rings. The quantitative estimate of drug-likeness (QED) is 0.598. The van der Waals surface area contributed by atoms with Crippen LogP contribution in [0.5, 0.6) is 5.75 Å². The number of halogens is 1. The van der Waals surface area contributed by atoms with Gasteiger partial charge >= 0.3 is 0 Å². The first-order valence-corrected chi connectivity index (χ1v) is 10.6. The number of carbonyl (C=O) groups is 1. The van der Waals surface area contributed by atoms with Crippen molar-refractivity contribution in [3.8, 4) is 5.75 Å². The molecule has 0 heterocycles. The second-order valence-corrected chi connectivity index (χ2v) is 8.40. The van der Waals surface area contributed by atoms with Gasteiger partial charge in [0.1, 0.15) is 11.6 Å². The fourth-order valence-corrected chi connectivity index (χ4v) is 3.76. The minimum atomic E-state index is -3.94. The summed E-state index contributed by atoms with van der Waals surface area (Å²) in [5, 5.41) is 2.54. The number of methoxy groups -OCH3 is 1. The molecule has 30 heavy (non-hydrogen) atoms. The highest BCUT2D eigenvalue weighted by Gasteiger charge is 2.19. The Balaban J connectivity index is 1.79. The molecule has 0 spiro atoms. The maximum absolute atomic E-state index is 14.2. The Kier molecular flexibility index (Phi) is 6.49. The van der Waals surface area contributed by atoms with E-state index in [0.717, 1.165) is 29.3 Å². The Morgan fingerprint density at radius 3 is 2.47 bits per heavy atom. The number of rotatable bonds is 7. The largest absolute Gasteiger partial charge is 0.497 e. The number of aryl methyl sites for hydroxylation is 1. The molecule has 6 nitrogen and oxygen atoms in total. The van der Waals surface area contributed by atoms with Crippen molar-refractivity contribution >= 4 is 21.6 Å². The van der Waals surface area contributed by atoms with E-state index in [1.54, 1.807) is 24.3 Å². The first-order chi connectivity index (χ1) is 14.3. The number of ether oxygens (including phenoxy) is 1. The van der Waals surface area contributed by atoms with Crippen molar-refractivity contribution in [3.63, 3.8) is 0 Å². The van der Waals surface area contributed by atoms with Gasteiger partial charge in [0.05, 0.1) is 17.6 Å². The molecule has 0 aliphatic carbocycles. The number of sulfonamides is 1. The summed E-state index contributed by atoms with van der Waals surface area (Å²) in [6.07, 6.45) is 0. The van der Waals surface area contributed by atoms with Crippen LogP contribution in [0.2, 0.25) is 0 Å². The molecule has 0 radical (unpaired) electrons. The van der Waals surface area contributed by atoms with Crippen LogP contribution in [0, 0.1) is 12.7 Å². The zero-order chi connectivity index (χ0) is 21.7. The molecule has 3 rings (SSSR count). The van der Waals surface area contributed by atoms with Crippen LogP contribution < -0.4 is 14.8 Å². The van der Waals surface area contributed by atoms with Crippen molar-refractivity contribution in [1.82, 2.24) is 4.72 Å². The van der Waals surface area contributed by atoms with Crippen molar-refractivity contribution in [2.75, 3.05) is 12.4 Å². The highest BCUT2D eigenvalue weighted by molar-refractivity contribution is 7.89. The van der Waals surface area contributed by atoms with Gasteiger partial charge in [0.25, 0.3) is 5.91 Å². The summed E-state index contributed by atoms with van der Waals surface area (Å²) in [4.78, 5) is 12.3. The topological polar surface area (TPSA) is 84.5 Å². The van der Waals surface area contributed by atoms with Crippen LogP contribution in [0.15, 0.2) is 71.6 Å². The highest BCUT2D eigenvalue weighted by Crippen LogP contribution is 2.20. The van der Waals surface area contributed by atoms with E-state index in [2.05, 4.69) is 10.0 Å². The van der Waals surface area contributed by atoms with Crippen molar-refractivity contribution in [1.29, 1.82) is 0 Å². The van der Waals surface area contributed by atoms with Gasteiger partial charge in [0.2, 0.25) is 10.0 Å². The average molecular weight is 428 g/mol. The summed E-state index contributed by atoms with van der Waals surface area (Å²) in [6.45, 7) is 2.01. The Hall–Kier alpha value is -3.23. The number of carbonyl (C=O) groups excluding carboxylic acids is 1. The fraction of sp³-hybridized carbons (Fsp3) is 0.136. The summed E-state index contributed by atoms with van der Waals surface area (Å²) in [6, 6.07) is 17.0. The van der Waals surface area contributed by atoms with Crippen molar-refractivity contribution in [3.05, 3.63) is 89.2 Å². The highest BCUT2D eigenvalue weighted by atomic mass is 32.2. The molecule has 0 unspecified atom stereocenters. The van der Waals surface area contributed by atoms with Crippen LogP contribution in [-0.2, 0) is 16.6 Å². The zero-order valence-corrected chi connectivity index (χ0v) is 17.3. The molecule has 3 aromatic carbocycles. The maximum atomic E-state index is 14.2. The van der Waals surface area contributed by atoms with Crippen LogP contribution in [-0.4, -0.2) is 21.4 Å². The third kappa shape index (κ3) is 5.22. The smallest absolute Gasteiger partial charge is 0.258 e. The number of benzene rings is 3. The molecule has 156 valence electrons. The molecule has 0 aromatic heterocycles. The maximum Gasteiger partial charge on any atom is 0.258 e. The van der Waals surface area contributed by atoms with Crippen LogP contribution in [0.3, 0.4) is 0 Å². The fourth-order valence-electron chi connectivity index (χ4n) is 2.71. The summed E-state index contributed by atoms with van der Waals surface area (Å²) in [5.74, 6) is -1.07. The molecule has 2 N–H and O–H groups in total. The van der Waals surface area contributed by atoms with E-state index in [1.807, 2.05) is 31.2 Å². The number of anilines is 1. The van der Waals surface area contributed by atoms with Gasteiger partial charge in [-0.2, -0.15) is 0 Å². The Morgan fingerprint density at radius 1 is 1.03 bits per heavy atom.